The number of carbonyl (C=O) groups excluding carboxylic acids is 2. The normalized spacial score (nSPS) is 20.9. The van der Waals surface area contributed by atoms with Gasteiger partial charge < -0.3 is 14.7 Å². The van der Waals surface area contributed by atoms with Crippen LogP contribution in [0.1, 0.15) is 60.5 Å². The fourth-order valence-electron chi connectivity index (χ4n) is 4.96. The Morgan fingerprint density at radius 1 is 1.03 bits per heavy atom. The van der Waals surface area contributed by atoms with Crippen LogP contribution in [-0.4, -0.2) is 27.8 Å². The summed E-state index contributed by atoms with van der Waals surface area (Å²) in [5.74, 6) is -0.276. The predicted octanol–water partition coefficient (Wildman–Crippen LogP) is 5.76. The number of carbonyl (C=O) groups is 2. The van der Waals surface area contributed by atoms with Gasteiger partial charge in [-0.2, -0.15) is 0 Å². The van der Waals surface area contributed by atoms with Gasteiger partial charge >= 0.3 is 0 Å². The van der Waals surface area contributed by atoms with E-state index in [-0.39, 0.29) is 24.0 Å². The van der Waals surface area contributed by atoms with E-state index < -0.39 is 17.7 Å². The highest BCUT2D eigenvalue weighted by Gasteiger charge is 2.46. The Morgan fingerprint density at radius 3 is 2.43 bits per heavy atom. The Morgan fingerprint density at radius 2 is 1.74 bits per heavy atom. The monoisotopic (exact) mass is 467 g/mol. The molecule has 3 aromatic carbocycles. The molecule has 5 rings (SSSR count). The molecule has 0 bridgehead atoms. The first kappa shape index (κ1) is 22.9. The summed E-state index contributed by atoms with van der Waals surface area (Å²) in [6.07, 6.45) is 0.803. The number of nitrogens with zero attached hydrogens (tertiary/aromatic N) is 1. The first-order chi connectivity index (χ1) is 16.8. The maximum atomic E-state index is 13.3. The molecule has 35 heavy (non-hydrogen) atoms. The van der Waals surface area contributed by atoms with Gasteiger partial charge in [-0.25, -0.2) is 0 Å². The predicted molar refractivity (Wildman–Crippen MR) is 135 cm³/mol. The van der Waals surface area contributed by atoms with Crippen LogP contribution in [0, 0.1) is 0 Å². The van der Waals surface area contributed by atoms with Crippen LogP contribution in [-0.2, 0) is 22.6 Å². The minimum atomic E-state index is -0.681. The van der Waals surface area contributed by atoms with E-state index in [9.17, 15) is 14.7 Å². The average Bonchev–Trinajstić information content (AvgIpc) is 3.35. The maximum absolute atomic E-state index is 13.3. The summed E-state index contributed by atoms with van der Waals surface area (Å²) in [7, 11) is 0. The number of benzene rings is 3. The lowest BCUT2D eigenvalue weighted by molar-refractivity contribution is -0.140. The van der Waals surface area contributed by atoms with Crippen molar-refractivity contribution in [1.82, 2.24) is 4.90 Å². The Hall–Kier alpha value is -3.86. The number of aliphatic hydroxyl groups is 1. The number of aliphatic hydroxyl groups excluding tert-OH is 1. The lowest BCUT2D eigenvalue weighted by Gasteiger charge is -2.26. The van der Waals surface area contributed by atoms with Crippen molar-refractivity contribution in [2.24, 2.45) is 0 Å². The second kappa shape index (κ2) is 9.06. The zero-order chi connectivity index (χ0) is 24.7. The van der Waals surface area contributed by atoms with E-state index in [4.69, 9.17) is 4.74 Å². The molecule has 1 fully saturated rings. The van der Waals surface area contributed by atoms with Crippen LogP contribution in [0.15, 0.2) is 78.4 Å². The van der Waals surface area contributed by atoms with Crippen molar-refractivity contribution in [3.8, 4) is 5.75 Å². The highest BCUT2D eigenvalue weighted by atomic mass is 16.5. The number of hydrogen-bond donors (Lipinski definition) is 1. The summed E-state index contributed by atoms with van der Waals surface area (Å²) in [6, 6.07) is 22.3. The molecule has 178 valence electrons. The van der Waals surface area contributed by atoms with Crippen LogP contribution < -0.4 is 4.74 Å². The van der Waals surface area contributed by atoms with Gasteiger partial charge in [0.25, 0.3) is 11.7 Å². The quantitative estimate of drug-likeness (QED) is 0.295. The van der Waals surface area contributed by atoms with Crippen LogP contribution in [0.25, 0.3) is 5.76 Å². The Kier molecular flexibility index (Phi) is 5.93. The number of fused-ring (bicyclic) bond motifs is 1. The number of amides is 1. The Labute approximate surface area is 205 Å². The highest BCUT2D eigenvalue weighted by molar-refractivity contribution is 6.46. The minimum Gasteiger partial charge on any atom is -0.507 e. The molecule has 2 aliphatic heterocycles. The summed E-state index contributed by atoms with van der Waals surface area (Å²) in [4.78, 5) is 28.1. The number of Topliss-reactive ketones (excluding diaryl/α,β-unsaturated/α-hetero) is 1. The van der Waals surface area contributed by atoms with E-state index in [0.29, 0.717) is 11.5 Å². The number of ketones is 1. The smallest absolute Gasteiger partial charge is 0.295 e. The van der Waals surface area contributed by atoms with Gasteiger partial charge in [-0.15, -0.1) is 0 Å². The SMILES string of the molecule is CC(C)c1ccc([C@@H]2/C(=C(\O)c3ccc4c(c3)C[C@H](C)O4)C(=O)C(=O)N2Cc2ccccc2)cc1. The molecule has 5 nitrogen and oxygen atoms in total. The lowest BCUT2D eigenvalue weighted by Crippen LogP contribution is -2.29. The number of rotatable bonds is 5. The van der Waals surface area contributed by atoms with E-state index in [0.717, 1.165) is 28.9 Å². The number of hydrogen-bond acceptors (Lipinski definition) is 4. The van der Waals surface area contributed by atoms with Gasteiger partial charge in [0.05, 0.1) is 11.6 Å². The topological polar surface area (TPSA) is 66.8 Å². The lowest BCUT2D eigenvalue weighted by atomic mass is 9.92. The first-order valence-electron chi connectivity index (χ1n) is 12.1. The van der Waals surface area contributed by atoms with E-state index in [1.165, 1.54) is 5.56 Å². The van der Waals surface area contributed by atoms with Crippen molar-refractivity contribution in [2.45, 2.75) is 51.8 Å². The van der Waals surface area contributed by atoms with Gasteiger partial charge in [-0.3, -0.25) is 9.59 Å². The van der Waals surface area contributed by atoms with Crippen LogP contribution in [0.3, 0.4) is 0 Å². The second-order valence-electron chi connectivity index (χ2n) is 9.69. The van der Waals surface area contributed by atoms with Gasteiger partial charge in [-0.05, 0) is 53.3 Å². The number of likely N-dealkylation sites (tertiary alicyclic amines) is 1. The fraction of sp³-hybridized carbons (Fsp3) is 0.267. The molecule has 0 aliphatic carbocycles. The van der Waals surface area contributed by atoms with E-state index in [2.05, 4.69) is 13.8 Å². The third kappa shape index (κ3) is 4.23. The van der Waals surface area contributed by atoms with Crippen molar-refractivity contribution in [3.63, 3.8) is 0 Å². The molecule has 1 saturated heterocycles. The molecule has 2 heterocycles. The van der Waals surface area contributed by atoms with Gasteiger partial charge in [0.2, 0.25) is 0 Å². The highest BCUT2D eigenvalue weighted by Crippen LogP contribution is 2.41. The fourth-order valence-corrected chi connectivity index (χ4v) is 4.96. The summed E-state index contributed by atoms with van der Waals surface area (Å²) in [5, 5.41) is 11.4. The molecule has 0 unspecified atom stereocenters. The molecule has 0 spiro atoms. The third-order valence-corrected chi connectivity index (χ3v) is 6.82. The largest absolute Gasteiger partial charge is 0.507 e. The molecular formula is C30H29NO4. The van der Waals surface area contributed by atoms with Crippen LogP contribution in [0.4, 0.5) is 0 Å². The van der Waals surface area contributed by atoms with Gasteiger partial charge in [-0.1, -0.05) is 68.4 Å². The molecule has 0 saturated carbocycles. The summed E-state index contributed by atoms with van der Waals surface area (Å²) in [5.41, 5.74) is 4.50. The van der Waals surface area contributed by atoms with Crippen molar-refractivity contribution in [2.75, 3.05) is 0 Å². The van der Waals surface area contributed by atoms with Crippen LogP contribution >= 0.6 is 0 Å². The molecule has 2 aliphatic rings. The maximum Gasteiger partial charge on any atom is 0.295 e. The standard InChI is InChI=1S/C30H29NO4/c1-18(2)21-9-11-22(12-10-21)27-26(28(32)23-13-14-25-24(16-23)15-19(3)35-25)29(33)30(34)31(27)17-20-7-5-4-6-8-20/h4-14,16,18-19,27,32H,15,17H2,1-3H3/b28-26+/t19-,27+/m0/s1. The Bertz CT molecular complexity index is 1310. The van der Waals surface area contributed by atoms with Crippen molar-refractivity contribution in [1.29, 1.82) is 0 Å². The van der Waals surface area contributed by atoms with Crippen LogP contribution in [0.2, 0.25) is 0 Å². The molecule has 0 radical (unpaired) electrons. The Balaban J connectivity index is 1.62. The van der Waals surface area contributed by atoms with Crippen molar-refractivity contribution >= 4 is 17.4 Å². The van der Waals surface area contributed by atoms with Gasteiger partial charge in [0.1, 0.15) is 17.6 Å². The molecule has 3 aromatic rings. The molecule has 0 aromatic heterocycles. The molecular weight excluding hydrogens is 438 g/mol. The molecule has 5 heteroatoms. The zero-order valence-corrected chi connectivity index (χ0v) is 20.2. The summed E-state index contributed by atoms with van der Waals surface area (Å²) >= 11 is 0. The molecule has 1 N–H and O–H groups in total. The van der Waals surface area contributed by atoms with Crippen molar-refractivity contribution < 1.29 is 19.4 Å². The van der Waals surface area contributed by atoms with E-state index >= 15 is 0 Å². The van der Waals surface area contributed by atoms with Gasteiger partial charge in [0.15, 0.2) is 0 Å². The zero-order valence-electron chi connectivity index (χ0n) is 20.2. The van der Waals surface area contributed by atoms with E-state index in [1.54, 1.807) is 11.0 Å². The molecule has 1 amide bonds. The minimum absolute atomic E-state index is 0.0679. The summed E-state index contributed by atoms with van der Waals surface area (Å²) in [6.45, 7) is 6.51. The van der Waals surface area contributed by atoms with Crippen LogP contribution in [0.5, 0.6) is 5.75 Å². The van der Waals surface area contributed by atoms with Crippen molar-refractivity contribution in [3.05, 3.63) is 106 Å². The first-order valence-corrected chi connectivity index (χ1v) is 12.1. The summed E-state index contributed by atoms with van der Waals surface area (Å²) < 4.78 is 5.78. The van der Waals surface area contributed by atoms with E-state index in [1.807, 2.05) is 73.7 Å². The van der Waals surface area contributed by atoms with Gasteiger partial charge in [0, 0.05) is 18.5 Å². The molecule has 2 atom stereocenters. The average molecular weight is 468 g/mol. The third-order valence-electron chi connectivity index (χ3n) is 6.82. The second-order valence-corrected chi connectivity index (χ2v) is 9.69. The number of ether oxygens (including phenoxy) is 1.